The second kappa shape index (κ2) is 3.16. The van der Waals surface area contributed by atoms with Crippen LogP contribution in [0, 0.1) is 0 Å². The summed E-state index contributed by atoms with van der Waals surface area (Å²) in [6, 6.07) is 3.40. The van der Waals surface area contributed by atoms with E-state index in [9.17, 15) is 8.42 Å². The SMILES string of the molecule is CS(=O)(=O)c1ccc(CS)s1. The van der Waals surface area contributed by atoms with Crippen LogP contribution in [0.3, 0.4) is 0 Å². The molecule has 62 valence electrons. The topological polar surface area (TPSA) is 34.1 Å². The third-order valence-corrected chi connectivity index (χ3v) is 4.62. The minimum atomic E-state index is -3.01. The highest BCUT2D eigenvalue weighted by Crippen LogP contribution is 2.22. The number of hydrogen-bond donors (Lipinski definition) is 1. The maximum Gasteiger partial charge on any atom is 0.184 e. The Morgan fingerprint density at radius 3 is 2.45 bits per heavy atom. The van der Waals surface area contributed by atoms with Crippen LogP contribution in [-0.2, 0) is 15.6 Å². The van der Waals surface area contributed by atoms with E-state index >= 15 is 0 Å². The van der Waals surface area contributed by atoms with Crippen molar-refractivity contribution in [2.45, 2.75) is 9.96 Å². The first-order chi connectivity index (χ1) is 5.04. The maximum atomic E-state index is 10.9. The molecular weight excluding hydrogens is 200 g/mol. The smallest absolute Gasteiger partial charge is 0.184 e. The average Bonchev–Trinajstić information content (AvgIpc) is 2.32. The fourth-order valence-corrected chi connectivity index (χ4v) is 2.78. The van der Waals surface area contributed by atoms with Gasteiger partial charge in [-0.1, -0.05) is 0 Å². The molecule has 0 aromatic carbocycles. The lowest BCUT2D eigenvalue weighted by Gasteiger charge is -1.88. The summed E-state index contributed by atoms with van der Waals surface area (Å²) in [6.07, 6.45) is 1.21. The van der Waals surface area contributed by atoms with E-state index in [1.54, 1.807) is 12.1 Å². The predicted molar refractivity (Wildman–Crippen MR) is 50.1 cm³/mol. The van der Waals surface area contributed by atoms with Gasteiger partial charge >= 0.3 is 0 Å². The Morgan fingerprint density at radius 2 is 2.18 bits per heavy atom. The van der Waals surface area contributed by atoms with Gasteiger partial charge in [0.2, 0.25) is 0 Å². The van der Waals surface area contributed by atoms with E-state index in [2.05, 4.69) is 12.6 Å². The molecule has 1 aromatic heterocycles. The Labute approximate surface area is 75.6 Å². The molecule has 0 saturated heterocycles. The summed E-state index contributed by atoms with van der Waals surface area (Å²) in [7, 11) is -3.01. The maximum absolute atomic E-state index is 10.9. The summed E-state index contributed by atoms with van der Waals surface area (Å²) in [5, 5.41) is 0. The standard InChI is InChI=1S/C6H8O2S3/c1-11(7,8)6-3-2-5(4-9)10-6/h2-3,9H,4H2,1H3. The van der Waals surface area contributed by atoms with Crippen molar-refractivity contribution in [2.24, 2.45) is 0 Å². The summed E-state index contributed by atoms with van der Waals surface area (Å²) < 4.78 is 22.3. The molecule has 0 aliphatic rings. The van der Waals surface area contributed by atoms with Crippen molar-refractivity contribution < 1.29 is 8.42 Å². The molecule has 0 saturated carbocycles. The Morgan fingerprint density at radius 1 is 1.55 bits per heavy atom. The van der Waals surface area contributed by atoms with E-state index in [0.717, 1.165) is 4.88 Å². The Bertz CT molecular complexity index is 336. The van der Waals surface area contributed by atoms with E-state index < -0.39 is 9.84 Å². The van der Waals surface area contributed by atoms with Crippen LogP contribution in [0.5, 0.6) is 0 Å². The van der Waals surface area contributed by atoms with Gasteiger partial charge in [0.25, 0.3) is 0 Å². The molecule has 0 aliphatic carbocycles. The van der Waals surface area contributed by atoms with Crippen LogP contribution in [0.1, 0.15) is 4.88 Å². The van der Waals surface area contributed by atoms with E-state index in [1.807, 2.05) is 0 Å². The Hall–Kier alpha value is -0.0000000000000000833. The van der Waals surface area contributed by atoms with Crippen molar-refractivity contribution in [1.82, 2.24) is 0 Å². The molecule has 0 atom stereocenters. The number of hydrogen-bond acceptors (Lipinski definition) is 4. The van der Waals surface area contributed by atoms with Crippen LogP contribution in [-0.4, -0.2) is 14.7 Å². The summed E-state index contributed by atoms with van der Waals surface area (Å²) in [5.41, 5.74) is 0. The van der Waals surface area contributed by atoms with Crippen LogP contribution in [0.25, 0.3) is 0 Å². The van der Waals surface area contributed by atoms with Gasteiger partial charge in [-0.05, 0) is 12.1 Å². The summed E-state index contributed by atoms with van der Waals surface area (Å²) >= 11 is 5.31. The first-order valence-corrected chi connectivity index (χ1v) is 6.27. The normalized spacial score (nSPS) is 11.8. The van der Waals surface area contributed by atoms with Crippen molar-refractivity contribution in [3.63, 3.8) is 0 Å². The molecule has 11 heavy (non-hydrogen) atoms. The molecule has 0 aliphatic heterocycles. The first kappa shape index (κ1) is 9.09. The number of thiol groups is 1. The predicted octanol–water partition coefficient (Wildman–Crippen LogP) is 1.58. The molecule has 5 heteroatoms. The van der Waals surface area contributed by atoms with Gasteiger partial charge in [-0.2, -0.15) is 12.6 Å². The molecule has 0 bridgehead atoms. The van der Waals surface area contributed by atoms with Gasteiger partial charge in [0.1, 0.15) is 4.21 Å². The van der Waals surface area contributed by atoms with Gasteiger partial charge < -0.3 is 0 Å². The number of rotatable bonds is 2. The van der Waals surface area contributed by atoms with Crippen LogP contribution >= 0.6 is 24.0 Å². The molecule has 1 aromatic rings. The highest BCUT2D eigenvalue weighted by Gasteiger charge is 2.08. The lowest BCUT2D eigenvalue weighted by Crippen LogP contribution is -1.91. The molecular formula is C6H8O2S3. The van der Waals surface area contributed by atoms with Crippen molar-refractivity contribution in [3.05, 3.63) is 17.0 Å². The zero-order chi connectivity index (χ0) is 8.48. The van der Waals surface area contributed by atoms with Crippen molar-refractivity contribution >= 4 is 33.8 Å². The molecule has 1 heterocycles. The second-order valence-corrected chi connectivity index (χ2v) is 5.88. The zero-order valence-corrected chi connectivity index (χ0v) is 8.47. The molecule has 0 fully saturated rings. The summed E-state index contributed by atoms with van der Waals surface area (Å²) in [4.78, 5) is 0.980. The fraction of sp³-hybridized carbons (Fsp3) is 0.333. The van der Waals surface area contributed by atoms with Crippen molar-refractivity contribution in [2.75, 3.05) is 6.26 Å². The number of thiophene rings is 1. The lowest BCUT2D eigenvalue weighted by molar-refractivity contribution is 0.604. The second-order valence-electron chi connectivity index (χ2n) is 2.15. The summed E-state index contributed by atoms with van der Waals surface area (Å²) in [6.45, 7) is 0. The molecule has 0 amide bonds. The molecule has 2 nitrogen and oxygen atoms in total. The van der Waals surface area contributed by atoms with Crippen molar-refractivity contribution in [3.8, 4) is 0 Å². The van der Waals surface area contributed by atoms with Gasteiger partial charge in [-0.25, -0.2) is 8.42 Å². The molecule has 1 rings (SSSR count). The average molecular weight is 208 g/mol. The van der Waals surface area contributed by atoms with Crippen LogP contribution in [0.2, 0.25) is 0 Å². The number of sulfone groups is 1. The van der Waals surface area contributed by atoms with Gasteiger partial charge in [-0.15, -0.1) is 11.3 Å². The Kier molecular flexibility index (Phi) is 2.61. The first-order valence-electron chi connectivity index (χ1n) is 2.93. The van der Waals surface area contributed by atoms with Crippen LogP contribution in [0.4, 0.5) is 0 Å². The van der Waals surface area contributed by atoms with E-state index in [4.69, 9.17) is 0 Å². The molecule has 0 spiro atoms. The zero-order valence-electron chi connectivity index (χ0n) is 5.94. The van der Waals surface area contributed by atoms with Gasteiger partial charge in [0, 0.05) is 16.9 Å². The minimum absolute atomic E-state index is 0.418. The Balaban J connectivity index is 3.09. The highest BCUT2D eigenvalue weighted by atomic mass is 32.2. The summed E-state index contributed by atoms with van der Waals surface area (Å²) in [5.74, 6) is 0.597. The fourth-order valence-electron chi connectivity index (χ4n) is 0.642. The lowest BCUT2D eigenvalue weighted by atomic mass is 10.5. The van der Waals surface area contributed by atoms with Crippen molar-refractivity contribution in [1.29, 1.82) is 0 Å². The highest BCUT2D eigenvalue weighted by molar-refractivity contribution is 7.92. The monoisotopic (exact) mass is 208 g/mol. The third-order valence-electron chi connectivity index (χ3n) is 1.16. The van der Waals surface area contributed by atoms with E-state index in [1.165, 1.54) is 17.6 Å². The van der Waals surface area contributed by atoms with Crippen LogP contribution in [0.15, 0.2) is 16.3 Å². The molecule has 0 N–H and O–H groups in total. The van der Waals surface area contributed by atoms with Gasteiger partial charge in [0.15, 0.2) is 9.84 Å². The largest absolute Gasteiger partial charge is 0.223 e. The quantitative estimate of drug-likeness (QED) is 0.749. The third kappa shape index (κ3) is 2.21. The van der Waals surface area contributed by atoms with E-state index in [-0.39, 0.29) is 0 Å². The van der Waals surface area contributed by atoms with Gasteiger partial charge in [0.05, 0.1) is 0 Å². The minimum Gasteiger partial charge on any atom is -0.223 e. The van der Waals surface area contributed by atoms with E-state index in [0.29, 0.717) is 9.96 Å². The van der Waals surface area contributed by atoms with Crippen LogP contribution < -0.4 is 0 Å². The molecule has 0 unspecified atom stereocenters. The van der Waals surface area contributed by atoms with Gasteiger partial charge in [-0.3, -0.25) is 0 Å². The molecule has 0 radical (unpaired) electrons.